The van der Waals surface area contributed by atoms with Gasteiger partial charge in [0.2, 0.25) is 5.91 Å². The van der Waals surface area contributed by atoms with Gasteiger partial charge in [0.05, 0.1) is 0 Å². The lowest BCUT2D eigenvalue weighted by Crippen LogP contribution is -2.28. The first-order chi connectivity index (χ1) is 7.72. The number of rotatable bonds is 4. The Labute approximate surface area is 118 Å². The number of carbonyl (C=O) groups excluding carboxylic acids is 1. The van der Waals surface area contributed by atoms with E-state index >= 15 is 0 Å². The maximum absolute atomic E-state index is 11.1. The van der Waals surface area contributed by atoms with Crippen molar-refractivity contribution in [1.29, 1.82) is 0 Å². The quantitative estimate of drug-likeness (QED) is 0.434. The molecule has 0 aromatic heterocycles. The minimum atomic E-state index is -0.139. The summed E-state index contributed by atoms with van der Waals surface area (Å²) in [5.74, 6) is 0.0952. The molecule has 0 aliphatic carbocycles. The van der Waals surface area contributed by atoms with E-state index in [1.54, 1.807) is 0 Å². The van der Waals surface area contributed by atoms with Gasteiger partial charge in [0.15, 0.2) is 5.96 Å². The predicted octanol–water partition coefficient (Wildman–Crippen LogP) is 1.17. The number of amides is 1. The fourth-order valence-electron chi connectivity index (χ4n) is 1.12. The summed E-state index contributed by atoms with van der Waals surface area (Å²) >= 11 is 0. The molecule has 0 saturated heterocycles. The molecule has 1 amide bonds. The Morgan fingerprint density at radius 2 is 2.00 bits per heavy atom. The number of hydrogen-bond donors (Lipinski definition) is 3. The third kappa shape index (κ3) is 6.77. The van der Waals surface area contributed by atoms with Gasteiger partial charge in [-0.3, -0.25) is 4.79 Å². The van der Waals surface area contributed by atoms with E-state index in [-0.39, 0.29) is 42.4 Å². The molecule has 0 spiro atoms. The molecule has 0 aliphatic rings. The Morgan fingerprint density at radius 1 is 1.35 bits per heavy atom. The molecular weight excluding hydrogens is 331 g/mol. The van der Waals surface area contributed by atoms with Crippen LogP contribution in [0, 0.1) is 0 Å². The number of hydrogen-bond acceptors (Lipinski definition) is 2. The van der Waals surface area contributed by atoms with Crippen molar-refractivity contribution in [3.8, 4) is 0 Å². The fraction of sp³-hybridized carbons (Fsp3) is 0.273. The molecule has 1 aromatic carbocycles. The normalized spacial score (nSPS) is 10.3. The molecule has 17 heavy (non-hydrogen) atoms. The third-order valence-electron chi connectivity index (χ3n) is 1.81. The van der Waals surface area contributed by atoms with Crippen LogP contribution in [0.15, 0.2) is 35.3 Å². The number of nitrogens with one attached hydrogen (secondary N) is 2. The SMILES string of the molecule is CCNC(=O)CN=C(N)Nc1ccccc1.I. The lowest BCUT2D eigenvalue weighted by Gasteiger charge is -2.04. The molecule has 0 heterocycles. The number of para-hydroxylation sites is 1. The molecule has 0 unspecified atom stereocenters. The summed E-state index contributed by atoms with van der Waals surface area (Å²) in [4.78, 5) is 15.0. The second-order valence-electron chi connectivity index (χ2n) is 3.15. The van der Waals surface area contributed by atoms with Gasteiger partial charge < -0.3 is 16.4 Å². The molecule has 1 rings (SSSR count). The molecule has 1 aromatic rings. The van der Waals surface area contributed by atoms with E-state index in [1.807, 2.05) is 37.3 Å². The summed E-state index contributed by atoms with van der Waals surface area (Å²) < 4.78 is 0. The summed E-state index contributed by atoms with van der Waals surface area (Å²) in [5.41, 5.74) is 6.46. The highest BCUT2D eigenvalue weighted by molar-refractivity contribution is 14.0. The summed E-state index contributed by atoms with van der Waals surface area (Å²) in [6.45, 7) is 2.49. The molecule has 94 valence electrons. The van der Waals surface area contributed by atoms with Crippen molar-refractivity contribution in [2.45, 2.75) is 6.92 Å². The van der Waals surface area contributed by atoms with E-state index in [9.17, 15) is 4.79 Å². The number of carbonyl (C=O) groups is 1. The molecule has 6 heteroatoms. The van der Waals surface area contributed by atoms with Crippen molar-refractivity contribution in [3.63, 3.8) is 0 Å². The molecular formula is C11H17IN4O. The van der Waals surface area contributed by atoms with Crippen molar-refractivity contribution in [2.75, 3.05) is 18.4 Å². The maximum atomic E-state index is 11.1. The number of benzene rings is 1. The van der Waals surface area contributed by atoms with Crippen LogP contribution in [0.1, 0.15) is 6.92 Å². The molecule has 0 saturated carbocycles. The zero-order chi connectivity index (χ0) is 11.8. The lowest BCUT2D eigenvalue weighted by atomic mass is 10.3. The minimum absolute atomic E-state index is 0. The Balaban J connectivity index is 0.00000256. The van der Waals surface area contributed by atoms with Crippen LogP contribution < -0.4 is 16.4 Å². The third-order valence-corrected chi connectivity index (χ3v) is 1.81. The molecule has 0 radical (unpaired) electrons. The number of aliphatic imine (C=N–C) groups is 1. The van der Waals surface area contributed by atoms with Gasteiger partial charge in [0.1, 0.15) is 6.54 Å². The van der Waals surface area contributed by atoms with E-state index in [4.69, 9.17) is 5.73 Å². The van der Waals surface area contributed by atoms with Gasteiger partial charge >= 0.3 is 0 Å². The van der Waals surface area contributed by atoms with Crippen molar-refractivity contribution in [1.82, 2.24) is 5.32 Å². The van der Waals surface area contributed by atoms with Gasteiger partial charge in [-0.15, -0.1) is 24.0 Å². The Morgan fingerprint density at radius 3 is 2.59 bits per heavy atom. The average molecular weight is 348 g/mol. The van der Waals surface area contributed by atoms with Crippen LogP contribution in [0.4, 0.5) is 5.69 Å². The Hall–Kier alpha value is -1.31. The van der Waals surface area contributed by atoms with Crippen LogP contribution in [0.5, 0.6) is 0 Å². The number of nitrogens with two attached hydrogens (primary N) is 1. The average Bonchev–Trinajstić information content (AvgIpc) is 2.28. The summed E-state index contributed by atoms with van der Waals surface area (Å²) in [6, 6.07) is 9.43. The van der Waals surface area contributed by atoms with Crippen molar-refractivity contribution < 1.29 is 4.79 Å². The van der Waals surface area contributed by atoms with Crippen LogP contribution in [0.25, 0.3) is 0 Å². The Bertz CT molecular complexity index is 367. The molecule has 0 fully saturated rings. The smallest absolute Gasteiger partial charge is 0.241 e. The lowest BCUT2D eigenvalue weighted by molar-refractivity contribution is -0.119. The second kappa shape index (κ2) is 8.80. The van der Waals surface area contributed by atoms with Crippen LogP contribution in [0.2, 0.25) is 0 Å². The van der Waals surface area contributed by atoms with E-state index in [1.165, 1.54) is 0 Å². The van der Waals surface area contributed by atoms with E-state index in [0.29, 0.717) is 6.54 Å². The van der Waals surface area contributed by atoms with E-state index < -0.39 is 0 Å². The number of guanidine groups is 1. The first kappa shape index (κ1) is 15.7. The first-order valence-corrected chi connectivity index (χ1v) is 5.11. The van der Waals surface area contributed by atoms with Crippen molar-refractivity contribution in [3.05, 3.63) is 30.3 Å². The van der Waals surface area contributed by atoms with Crippen molar-refractivity contribution in [2.24, 2.45) is 10.7 Å². The van der Waals surface area contributed by atoms with Gasteiger partial charge in [-0.25, -0.2) is 4.99 Å². The fourth-order valence-corrected chi connectivity index (χ4v) is 1.12. The zero-order valence-electron chi connectivity index (χ0n) is 9.64. The van der Waals surface area contributed by atoms with Gasteiger partial charge in [-0.2, -0.15) is 0 Å². The summed E-state index contributed by atoms with van der Waals surface area (Å²) in [5, 5.41) is 5.52. The summed E-state index contributed by atoms with van der Waals surface area (Å²) in [7, 11) is 0. The first-order valence-electron chi connectivity index (χ1n) is 5.11. The van der Waals surface area contributed by atoms with Crippen LogP contribution in [-0.4, -0.2) is 25.0 Å². The number of nitrogens with zero attached hydrogens (tertiary/aromatic N) is 1. The second-order valence-corrected chi connectivity index (χ2v) is 3.15. The minimum Gasteiger partial charge on any atom is -0.370 e. The molecule has 0 aliphatic heterocycles. The van der Waals surface area contributed by atoms with Crippen molar-refractivity contribution >= 4 is 41.5 Å². The highest BCUT2D eigenvalue weighted by atomic mass is 127. The predicted molar refractivity (Wildman–Crippen MR) is 80.7 cm³/mol. The van der Waals surface area contributed by atoms with Gasteiger partial charge in [-0.05, 0) is 19.1 Å². The number of halogens is 1. The van der Waals surface area contributed by atoms with Gasteiger partial charge in [0, 0.05) is 12.2 Å². The topological polar surface area (TPSA) is 79.5 Å². The van der Waals surface area contributed by atoms with Gasteiger partial charge in [0.25, 0.3) is 0 Å². The maximum Gasteiger partial charge on any atom is 0.241 e. The van der Waals surface area contributed by atoms with Crippen LogP contribution in [0.3, 0.4) is 0 Å². The molecule has 4 N–H and O–H groups in total. The highest BCUT2D eigenvalue weighted by Crippen LogP contribution is 2.03. The highest BCUT2D eigenvalue weighted by Gasteiger charge is 1.98. The largest absolute Gasteiger partial charge is 0.370 e. The zero-order valence-corrected chi connectivity index (χ0v) is 12.0. The van der Waals surface area contributed by atoms with Gasteiger partial charge in [-0.1, -0.05) is 18.2 Å². The standard InChI is InChI=1S/C11H16N4O.HI/c1-2-13-10(16)8-14-11(12)15-9-6-4-3-5-7-9;/h3-7H,2,8H2,1H3,(H,13,16)(H3,12,14,15);1H. The Kier molecular flexibility index (Phi) is 8.12. The van der Waals surface area contributed by atoms with Crippen LogP contribution in [-0.2, 0) is 4.79 Å². The van der Waals surface area contributed by atoms with E-state index in [0.717, 1.165) is 5.69 Å². The van der Waals surface area contributed by atoms with E-state index in [2.05, 4.69) is 15.6 Å². The number of likely N-dealkylation sites (N-methyl/N-ethyl adjacent to an activating group) is 1. The van der Waals surface area contributed by atoms with Crippen LogP contribution >= 0.6 is 24.0 Å². The molecule has 5 nitrogen and oxygen atoms in total. The summed E-state index contributed by atoms with van der Waals surface area (Å²) in [6.07, 6.45) is 0. The molecule has 0 bridgehead atoms. The molecule has 0 atom stereocenters. The number of anilines is 1. The monoisotopic (exact) mass is 348 g/mol.